The van der Waals surface area contributed by atoms with E-state index >= 15 is 0 Å². The Balaban J connectivity index is 2.14. The third-order valence-electron chi connectivity index (χ3n) is 3.63. The molecule has 116 valence electrons. The molecule has 0 spiro atoms. The van der Waals surface area contributed by atoms with Crippen LogP contribution in [-0.2, 0) is 10.0 Å². The summed E-state index contributed by atoms with van der Waals surface area (Å²) in [6, 6.07) is 3.87. The number of nitro groups is 1. The zero-order chi connectivity index (χ0) is 15.5. The Morgan fingerprint density at radius 2 is 2.24 bits per heavy atom. The first-order valence-corrected chi connectivity index (χ1v) is 8.34. The standard InChI is InChI=1S/C13H19N3O4S/c1-10-4-5-12(16(17)18)7-13(10)21(19,20)15-9-11-3-2-6-14-8-11/h4-5,7,11,14-15H,2-3,6,8-9H2,1H3. The highest BCUT2D eigenvalue weighted by Gasteiger charge is 2.22. The van der Waals surface area contributed by atoms with Crippen molar-refractivity contribution in [1.29, 1.82) is 0 Å². The summed E-state index contributed by atoms with van der Waals surface area (Å²) in [4.78, 5) is 10.2. The van der Waals surface area contributed by atoms with E-state index in [1.54, 1.807) is 6.92 Å². The molecule has 7 nitrogen and oxygen atoms in total. The van der Waals surface area contributed by atoms with Crippen LogP contribution in [0.25, 0.3) is 0 Å². The van der Waals surface area contributed by atoms with Gasteiger partial charge >= 0.3 is 0 Å². The lowest BCUT2D eigenvalue weighted by Gasteiger charge is -2.23. The molecule has 0 radical (unpaired) electrons. The average Bonchev–Trinajstić information content (AvgIpc) is 2.46. The summed E-state index contributed by atoms with van der Waals surface area (Å²) < 4.78 is 27.2. The molecule has 1 heterocycles. The minimum absolute atomic E-state index is 0.0273. The van der Waals surface area contributed by atoms with Crippen molar-refractivity contribution >= 4 is 15.7 Å². The van der Waals surface area contributed by atoms with E-state index in [0.29, 0.717) is 12.1 Å². The number of nitrogens with one attached hydrogen (secondary N) is 2. The highest BCUT2D eigenvalue weighted by atomic mass is 32.2. The van der Waals surface area contributed by atoms with Gasteiger partial charge in [0.25, 0.3) is 5.69 Å². The van der Waals surface area contributed by atoms with Gasteiger partial charge in [-0.1, -0.05) is 6.07 Å². The number of nitrogens with zero attached hydrogens (tertiary/aromatic N) is 1. The van der Waals surface area contributed by atoms with E-state index in [9.17, 15) is 18.5 Å². The van der Waals surface area contributed by atoms with Crippen LogP contribution in [0, 0.1) is 23.0 Å². The quantitative estimate of drug-likeness (QED) is 0.628. The van der Waals surface area contributed by atoms with Crippen molar-refractivity contribution in [2.45, 2.75) is 24.7 Å². The highest BCUT2D eigenvalue weighted by molar-refractivity contribution is 7.89. The third kappa shape index (κ3) is 3.99. The van der Waals surface area contributed by atoms with Crippen molar-refractivity contribution in [1.82, 2.24) is 10.0 Å². The molecular weight excluding hydrogens is 294 g/mol. The van der Waals surface area contributed by atoms with E-state index in [2.05, 4.69) is 10.0 Å². The van der Waals surface area contributed by atoms with Gasteiger partial charge in [-0.25, -0.2) is 13.1 Å². The fourth-order valence-electron chi connectivity index (χ4n) is 2.40. The van der Waals surface area contributed by atoms with Gasteiger partial charge in [-0.05, 0) is 44.3 Å². The van der Waals surface area contributed by atoms with Crippen molar-refractivity contribution in [3.05, 3.63) is 33.9 Å². The van der Waals surface area contributed by atoms with Crippen LogP contribution >= 0.6 is 0 Å². The van der Waals surface area contributed by atoms with Gasteiger partial charge in [0, 0.05) is 18.7 Å². The van der Waals surface area contributed by atoms with Crippen molar-refractivity contribution < 1.29 is 13.3 Å². The van der Waals surface area contributed by atoms with Crippen LogP contribution in [0.1, 0.15) is 18.4 Å². The van der Waals surface area contributed by atoms with Gasteiger partial charge in [0.2, 0.25) is 10.0 Å². The first kappa shape index (κ1) is 15.9. The molecule has 1 fully saturated rings. The van der Waals surface area contributed by atoms with Gasteiger partial charge in [-0.15, -0.1) is 0 Å². The summed E-state index contributed by atoms with van der Waals surface area (Å²) in [5.41, 5.74) is 0.273. The van der Waals surface area contributed by atoms with Crippen LogP contribution in [0.2, 0.25) is 0 Å². The van der Waals surface area contributed by atoms with Crippen LogP contribution in [0.5, 0.6) is 0 Å². The number of nitro benzene ring substituents is 1. The first-order valence-electron chi connectivity index (χ1n) is 6.85. The predicted octanol–water partition coefficient (Wildman–Crippen LogP) is 1.18. The Morgan fingerprint density at radius 3 is 2.86 bits per heavy atom. The van der Waals surface area contributed by atoms with Crippen molar-refractivity contribution in [3.8, 4) is 0 Å². The predicted molar refractivity (Wildman–Crippen MR) is 78.6 cm³/mol. The SMILES string of the molecule is Cc1ccc([N+](=O)[O-])cc1S(=O)(=O)NCC1CCCNC1. The van der Waals surface area contributed by atoms with Gasteiger partial charge in [-0.3, -0.25) is 10.1 Å². The van der Waals surface area contributed by atoms with E-state index in [4.69, 9.17) is 0 Å². The number of rotatable bonds is 5. The second-order valence-electron chi connectivity index (χ2n) is 5.27. The molecule has 0 aliphatic carbocycles. The number of hydrogen-bond donors (Lipinski definition) is 2. The monoisotopic (exact) mass is 313 g/mol. The Morgan fingerprint density at radius 1 is 1.48 bits per heavy atom. The van der Waals surface area contributed by atoms with E-state index in [1.165, 1.54) is 12.1 Å². The zero-order valence-electron chi connectivity index (χ0n) is 11.8. The van der Waals surface area contributed by atoms with Crippen LogP contribution in [0.4, 0.5) is 5.69 Å². The Hall–Kier alpha value is -1.51. The molecule has 0 aromatic heterocycles. The van der Waals surface area contributed by atoms with Crippen LogP contribution in [-0.4, -0.2) is 33.0 Å². The number of non-ortho nitro benzene ring substituents is 1. The van der Waals surface area contributed by atoms with Crippen molar-refractivity contribution in [2.24, 2.45) is 5.92 Å². The van der Waals surface area contributed by atoms with Gasteiger partial charge in [0.1, 0.15) is 0 Å². The molecule has 0 bridgehead atoms. The molecule has 0 saturated carbocycles. The fraction of sp³-hybridized carbons (Fsp3) is 0.538. The maximum absolute atomic E-state index is 12.3. The summed E-state index contributed by atoms with van der Waals surface area (Å²) >= 11 is 0. The van der Waals surface area contributed by atoms with E-state index in [-0.39, 0.29) is 16.5 Å². The largest absolute Gasteiger partial charge is 0.316 e. The molecule has 0 amide bonds. The van der Waals surface area contributed by atoms with Gasteiger partial charge < -0.3 is 5.32 Å². The summed E-state index contributed by atoms with van der Waals surface area (Å²) in [6.07, 6.45) is 2.01. The lowest BCUT2D eigenvalue weighted by Crippen LogP contribution is -2.38. The third-order valence-corrected chi connectivity index (χ3v) is 5.20. The molecule has 1 aliphatic rings. The van der Waals surface area contributed by atoms with Gasteiger partial charge in [-0.2, -0.15) is 0 Å². The van der Waals surface area contributed by atoms with Crippen molar-refractivity contribution in [3.63, 3.8) is 0 Å². The molecule has 1 aromatic rings. The van der Waals surface area contributed by atoms with Gasteiger partial charge in [0.05, 0.1) is 9.82 Å². The molecule has 1 aromatic carbocycles. The molecular formula is C13H19N3O4S. The first-order chi connectivity index (χ1) is 9.90. The minimum Gasteiger partial charge on any atom is -0.316 e. The summed E-state index contributed by atoms with van der Waals surface area (Å²) in [6.45, 7) is 3.72. The Bertz CT molecular complexity index is 624. The lowest BCUT2D eigenvalue weighted by molar-refractivity contribution is -0.385. The summed E-state index contributed by atoms with van der Waals surface area (Å²) in [5.74, 6) is 0.257. The second-order valence-corrected chi connectivity index (χ2v) is 7.01. The smallest absolute Gasteiger partial charge is 0.270 e. The molecule has 1 saturated heterocycles. The molecule has 8 heteroatoms. The zero-order valence-corrected chi connectivity index (χ0v) is 12.6. The highest BCUT2D eigenvalue weighted by Crippen LogP contribution is 2.22. The molecule has 1 aliphatic heterocycles. The number of benzene rings is 1. The number of sulfonamides is 1. The summed E-state index contributed by atoms with van der Waals surface area (Å²) in [5, 5.41) is 14.0. The fourth-order valence-corrected chi connectivity index (χ4v) is 3.77. The van der Waals surface area contributed by atoms with Crippen LogP contribution in [0.3, 0.4) is 0 Å². The minimum atomic E-state index is -3.73. The van der Waals surface area contributed by atoms with Crippen molar-refractivity contribution in [2.75, 3.05) is 19.6 Å². The topological polar surface area (TPSA) is 101 Å². The maximum Gasteiger partial charge on any atom is 0.270 e. The van der Waals surface area contributed by atoms with E-state index < -0.39 is 14.9 Å². The normalized spacial score (nSPS) is 19.4. The molecule has 1 atom stereocenters. The van der Waals surface area contributed by atoms with Crippen LogP contribution < -0.4 is 10.0 Å². The Kier molecular flexibility index (Phi) is 4.92. The molecule has 2 rings (SSSR count). The number of aryl methyl sites for hydroxylation is 1. The molecule has 21 heavy (non-hydrogen) atoms. The lowest BCUT2D eigenvalue weighted by atomic mass is 10.0. The number of piperidine rings is 1. The van der Waals surface area contributed by atoms with Crippen LogP contribution in [0.15, 0.2) is 23.1 Å². The maximum atomic E-state index is 12.3. The van der Waals surface area contributed by atoms with E-state index in [0.717, 1.165) is 32.0 Å². The van der Waals surface area contributed by atoms with E-state index in [1.807, 2.05) is 0 Å². The molecule has 1 unspecified atom stereocenters. The summed E-state index contributed by atoms with van der Waals surface area (Å²) in [7, 11) is -3.73. The Labute approximate surface area is 123 Å². The number of hydrogen-bond acceptors (Lipinski definition) is 5. The second kappa shape index (κ2) is 6.50. The average molecular weight is 313 g/mol. The molecule has 2 N–H and O–H groups in total. The van der Waals surface area contributed by atoms with Gasteiger partial charge in [0.15, 0.2) is 0 Å².